The monoisotopic (exact) mass is 429 g/mol. The Morgan fingerprint density at radius 1 is 1.04 bits per heavy atom. The zero-order valence-electron chi connectivity index (χ0n) is 14.6. The number of carbonyl (C=O) groups excluding carboxylic acids is 3. The number of hydrogen-bond acceptors (Lipinski definition) is 5. The highest BCUT2D eigenvalue weighted by atomic mass is 79.9. The van der Waals surface area contributed by atoms with E-state index in [2.05, 4.69) is 15.9 Å². The standard InChI is InChI=1S/C20H16BrNO5/c1-10-16-14-9-11(21)3-8-15(14)27-20(25)17(16)19(24)22(18(10)23)12-4-6-13(26-2)7-5-12/h3-10,16-17H,1-2H3/t10-,16+,17-/m0/s1. The smallest absolute Gasteiger partial charge is 0.324 e. The van der Waals surface area contributed by atoms with Crippen molar-refractivity contribution in [1.82, 2.24) is 0 Å². The minimum absolute atomic E-state index is 0.341. The lowest BCUT2D eigenvalue weighted by Gasteiger charge is -2.42. The molecule has 0 saturated carbocycles. The molecule has 0 spiro atoms. The number of rotatable bonds is 2. The molecule has 3 atom stereocenters. The van der Waals surface area contributed by atoms with Crippen molar-refractivity contribution < 1.29 is 23.9 Å². The third kappa shape index (κ3) is 2.73. The summed E-state index contributed by atoms with van der Waals surface area (Å²) in [5, 5.41) is 0. The molecule has 0 N–H and O–H groups in total. The number of imide groups is 1. The molecule has 2 aromatic carbocycles. The minimum Gasteiger partial charge on any atom is -0.497 e. The fraction of sp³-hybridized carbons (Fsp3) is 0.250. The first-order chi connectivity index (χ1) is 12.9. The second-order valence-electron chi connectivity index (χ2n) is 6.61. The molecule has 27 heavy (non-hydrogen) atoms. The number of ether oxygens (including phenoxy) is 2. The quantitative estimate of drug-likeness (QED) is 0.317. The molecule has 0 aliphatic carbocycles. The second kappa shape index (κ2) is 6.49. The fourth-order valence-electron chi connectivity index (χ4n) is 3.77. The summed E-state index contributed by atoms with van der Waals surface area (Å²) in [4.78, 5) is 39.9. The molecule has 2 amide bonds. The molecule has 0 aromatic heterocycles. The summed E-state index contributed by atoms with van der Waals surface area (Å²) >= 11 is 3.40. The molecule has 2 aliphatic rings. The maximum absolute atomic E-state index is 13.1. The van der Waals surface area contributed by atoms with Crippen molar-refractivity contribution >= 4 is 39.4 Å². The molecule has 0 bridgehead atoms. The van der Waals surface area contributed by atoms with E-state index in [1.807, 2.05) is 0 Å². The number of fused-ring (bicyclic) bond motifs is 3. The maximum Gasteiger partial charge on any atom is 0.324 e. The average molecular weight is 430 g/mol. The summed E-state index contributed by atoms with van der Waals surface area (Å²) in [5.41, 5.74) is 1.10. The van der Waals surface area contributed by atoms with E-state index in [4.69, 9.17) is 9.47 Å². The third-order valence-corrected chi connectivity index (χ3v) is 5.61. The van der Waals surface area contributed by atoms with Crippen molar-refractivity contribution in [3.63, 3.8) is 0 Å². The van der Waals surface area contributed by atoms with Crippen LogP contribution in [0.25, 0.3) is 0 Å². The Balaban J connectivity index is 1.79. The number of methoxy groups -OCH3 is 1. The van der Waals surface area contributed by atoms with Crippen molar-refractivity contribution in [3.8, 4) is 11.5 Å². The van der Waals surface area contributed by atoms with Crippen molar-refractivity contribution in [2.75, 3.05) is 12.0 Å². The topological polar surface area (TPSA) is 72.9 Å². The Kier molecular flexibility index (Phi) is 4.26. The van der Waals surface area contributed by atoms with E-state index in [-0.39, 0.29) is 5.91 Å². The van der Waals surface area contributed by atoms with Crippen LogP contribution in [-0.2, 0) is 14.4 Å². The Labute approximate surface area is 164 Å². The van der Waals surface area contributed by atoms with E-state index in [1.165, 1.54) is 7.11 Å². The van der Waals surface area contributed by atoms with Crippen LogP contribution in [0.1, 0.15) is 18.4 Å². The molecule has 0 unspecified atom stereocenters. The molecular formula is C20H16BrNO5. The molecular weight excluding hydrogens is 414 g/mol. The van der Waals surface area contributed by atoms with Gasteiger partial charge >= 0.3 is 5.97 Å². The van der Waals surface area contributed by atoms with Gasteiger partial charge in [-0.2, -0.15) is 0 Å². The Morgan fingerprint density at radius 3 is 2.41 bits per heavy atom. The number of anilines is 1. The van der Waals surface area contributed by atoms with Gasteiger partial charge < -0.3 is 9.47 Å². The molecule has 1 saturated heterocycles. The van der Waals surface area contributed by atoms with Crippen LogP contribution in [-0.4, -0.2) is 24.9 Å². The number of amides is 2. The van der Waals surface area contributed by atoms with Crippen LogP contribution in [0.5, 0.6) is 11.5 Å². The third-order valence-electron chi connectivity index (χ3n) is 5.12. The molecule has 0 radical (unpaired) electrons. The van der Waals surface area contributed by atoms with Crippen LogP contribution in [0.3, 0.4) is 0 Å². The normalized spacial score (nSPS) is 24.2. The zero-order chi connectivity index (χ0) is 19.3. The summed E-state index contributed by atoms with van der Waals surface area (Å²) in [6, 6.07) is 11.8. The first kappa shape index (κ1) is 17.7. The van der Waals surface area contributed by atoms with Crippen LogP contribution >= 0.6 is 15.9 Å². The molecule has 1 fully saturated rings. The van der Waals surface area contributed by atoms with Gasteiger partial charge in [0.05, 0.1) is 12.8 Å². The lowest BCUT2D eigenvalue weighted by atomic mass is 9.72. The summed E-state index contributed by atoms with van der Waals surface area (Å²) in [6.45, 7) is 1.74. The van der Waals surface area contributed by atoms with Gasteiger partial charge in [0.25, 0.3) is 0 Å². The van der Waals surface area contributed by atoms with Crippen molar-refractivity contribution in [3.05, 3.63) is 52.5 Å². The number of hydrogen-bond donors (Lipinski definition) is 0. The SMILES string of the molecule is COc1ccc(N2C(=O)[C@H]3C(=O)Oc4ccc(Br)cc4[C@H]3[C@H](C)C2=O)cc1. The Hall–Kier alpha value is -2.67. The second-order valence-corrected chi connectivity index (χ2v) is 7.52. The average Bonchev–Trinajstić information content (AvgIpc) is 2.66. The summed E-state index contributed by atoms with van der Waals surface area (Å²) < 4.78 is 11.3. The lowest BCUT2D eigenvalue weighted by molar-refractivity contribution is -0.151. The van der Waals surface area contributed by atoms with E-state index in [0.29, 0.717) is 22.7 Å². The van der Waals surface area contributed by atoms with Gasteiger partial charge in [-0.15, -0.1) is 0 Å². The van der Waals surface area contributed by atoms with E-state index in [9.17, 15) is 14.4 Å². The van der Waals surface area contributed by atoms with Gasteiger partial charge in [0.15, 0.2) is 0 Å². The van der Waals surface area contributed by atoms with Crippen LogP contribution < -0.4 is 14.4 Å². The molecule has 2 aliphatic heterocycles. The predicted molar refractivity (Wildman–Crippen MR) is 101 cm³/mol. The molecule has 2 aromatic rings. The highest BCUT2D eigenvalue weighted by Crippen LogP contribution is 2.47. The van der Waals surface area contributed by atoms with Crippen molar-refractivity contribution in [2.45, 2.75) is 12.8 Å². The van der Waals surface area contributed by atoms with Crippen LogP contribution in [0, 0.1) is 11.8 Å². The van der Waals surface area contributed by atoms with Crippen LogP contribution in [0.15, 0.2) is 46.9 Å². The Bertz CT molecular complexity index is 955. The number of esters is 1. The number of carbonyl (C=O) groups is 3. The number of nitrogens with zero attached hydrogens (tertiary/aromatic N) is 1. The molecule has 6 nitrogen and oxygen atoms in total. The number of benzene rings is 2. The van der Waals surface area contributed by atoms with E-state index >= 15 is 0 Å². The van der Waals surface area contributed by atoms with E-state index in [1.54, 1.807) is 49.4 Å². The highest BCUT2D eigenvalue weighted by molar-refractivity contribution is 9.10. The Morgan fingerprint density at radius 2 is 1.74 bits per heavy atom. The van der Waals surface area contributed by atoms with Crippen LogP contribution in [0.2, 0.25) is 0 Å². The largest absolute Gasteiger partial charge is 0.497 e. The summed E-state index contributed by atoms with van der Waals surface area (Å²) in [5.74, 6) is -2.69. The zero-order valence-corrected chi connectivity index (χ0v) is 16.2. The van der Waals surface area contributed by atoms with Crippen molar-refractivity contribution in [2.24, 2.45) is 11.8 Å². The predicted octanol–water partition coefficient (Wildman–Crippen LogP) is 3.29. The highest BCUT2D eigenvalue weighted by Gasteiger charge is 2.54. The van der Waals surface area contributed by atoms with Gasteiger partial charge in [0.1, 0.15) is 17.4 Å². The van der Waals surface area contributed by atoms with Gasteiger partial charge in [0.2, 0.25) is 11.8 Å². The van der Waals surface area contributed by atoms with Gasteiger partial charge in [-0.1, -0.05) is 22.9 Å². The summed E-state index contributed by atoms with van der Waals surface area (Å²) in [7, 11) is 1.53. The first-order valence-corrected chi connectivity index (χ1v) is 9.24. The molecule has 2 heterocycles. The van der Waals surface area contributed by atoms with Gasteiger partial charge in [0, 0.05) is 21.9 Å². The maximum atomic E-state index is 13.1. The summed E-state index contributed by atoms with van der Waals surface area (Å²) in [6.07, 6.45) is 0. The lowest BCUT2D eigenvalue weighted by Crippen LogP contribution is -2.57. The van der Waals surface area contributed by atoms with Gasteiger partial charge in [-0.05, 0) is 42.5 Å². The molecule has 138 valence electrons. The minimum atomic E-state index is -1.05. The molecule has 4 rings (SSSR count). The number of halogens is 1. The van der Waals surface area contributed by atoms with E-state index < -0.39 is 29.6 Å². The first-order valence-electron chi connectivity index (χ1n) is 8.45. The fourth-order valence-corrected chi connectivity index (χ4v) is 4.15. The van der Waals surface area contributed by atoms with Gasteiger partial charge in [-0.25, -0.2) is 4.90 Å². The van der Waals surface area contributed by atoms with E-state index in [0.717, 1.165) is 9.37 Å². The van der Waals surface area contributed by atoms with Crippen LogP contribution in [0.4, 0.5) is 5.69 Å². The molecule has 7 heteroatoms. The van der Waals surface area contributed by atoms with Gasteiger partial charge in [-0.3, -0.25) is 14.4 Å². The number of piperidine rings is 1. The van der Waals surface area contributed by atoms with Crippen molar-refractivity contribution in [1.29, 1.82) is 0 Å².